The number of sulfone groups is 1. The van der Waals surface area contributed by atoms with Crippen LogP contribution >= 0.6 is 11.8 Å². The number of nitrogens with zero attached hydrogens (tertiary/aromatic N) is 3. The lowest BCUT2D eigenvalue weighted by Crippen LogP contribution is -2.47. The Bertz CT molecular complexity index is 626. The number of aromatic nitrogens is 2. The summed E-state index contributed by atoms with van der Waals surface area (Å²) in [5, 5.41) is -0.557. The minimum Gasteiger partial charge on any atom is -0.384 e. The van der Waals surface area contributed by atoms with E-state index in [1.807, 2.05) is 25.7 Å². The number of nitrogens with two attached hydrogens (primary N) is 1. The highest BCUT2D eigenvalue weighted by Crippen LogP contribution is 2.28. The second-order valence-corrected chi connectivity index (χ2v) is 9.63. The van der Waals surface area contributed by atoms with Gasteiger partial charge >= 0.3 is 0 Å². The molecule has 1 aromatic heterocycles. The lowest BCUT2D eigenvalue weighted by Gasteiger charge is -2.35. The van der Waals surface area contributed by atoms with Crippen molar-refractivity contribution in [2.75, 3.05) is 34.9 Å². The van der Waals surface area contributed by atoms with Crippen molar-refractivity contribution in [1.82, 2.24) is 9.97 Å². The van der Waals surface area contributed by atoms with Crippen LogP contribution in [0.15, 0.2) is 6.07 Å². The maximum atomic E-state index is 12.0. The summed E-state index contributed by atoms with van der Waals surface area (Å²) in [6, 6.07) is 1.66. The van der Waals surface area contributed by atoms with E-state index < -0.39 is 15.2 Å². The molecule has 21 heavy (non-hydrogen) atoms. The van der Waals surface area contributed by atoms with Crippen molar-refractivity contribution >= 4 is 33.2 Å². The first-order chi connectivity index (χ1) is 9.59. The molecule has 6 nitrogen and oxygen atoms in total. The van der Waals surface area contributed by atoms with Gasteiger partial charge in [0.25, 0.3) is 0 Å². The van der Waals surface area contributed by atoms with Crippen molar-refractivity contribution < 1.29 is 8.42 Å². The average Bonchev–Trinajstić information content (AvgIpc) is 2.36. The zero-order valence-corrected chi connectivity index (χ0v) is 14.5. The first-order valence-electron chi connectivity index (χ1n) is 6.77. The van der Waals surface area contributed by atoms with Crippen molar-refractivity contribution in [3.05, 3.63) is 11.9 Å². The molecule has 1 saturated heterocycles. The molecule has 1 fully saturated rings. The van der Waals surface area contributed by atoms with Gasteiger partial charge in [0.05, 0.1) is 0 Å². The third-order valence-electron chi connectivity index (χ3n) is 3.28. The third-order valence-corrected chi connectivity index (χ3v) is 5.92. The van der Waals surface area contributed by atoms with E-state index in [4.69, 9.17) is 5.73 Å². The molecule has 0 saturated carbocycles. The lowest BCUT2D eigenvalue weighted by molar-refractivity contribution is 0.543. The van der Waals surface area contributed by atoms with Gasteiger partial charge in [-0.2, -0.15) is 11.8 Å². The Labute approximate surface area is 130 Å². The maximum absolute atomic E-state index is 12.0. The van der Waals surface area contributed by atoms with E-state index in [1.54, 1.807) is 17.8 Å². The highest BCUT2D eigenvalue weighted by Gasteiger charge is 2.33. The number of rotatable bonds is 2. The molecule has 1 aliphatic rings. The lowest BCUT2D eigenvalue weighted by atomic mass is 9.96. The molecular weight excluding hydrogens is 308 g/mol. The SMILES string of the molecule is CC(C)(C)c1nc(N)cc(N2CCSCC2S(C)(=O)=O)n1. The zero-order chi connectivity index (χ0) is 15.8. The van der Waals surface area contributed by atoms with Gasteiger partial charge in [0, 0.05) is 35.8 Å². The van der Waals surface area contributed by atoms with E-state index in [0.717, 1.165) is 5.75 Å². The molecule has 1 atom stereocenters. The van der Waals surface area contributed by atoms with Gasteiger partial charge in [-0.25, -0.2) is 18.4 Å². The third kappa shape index (κ3) is 3.79. The van der Waals surface area contributed by atoms with E-state index in [9.17, 15) is 8.42 Å². The molecule has 2 rings (SSSR count). The second kappa shape index (κ2) is 5.64. The monoisotopic (exact) mass is 330 g/mol. The van der Waals surface area contributed by atoms with Crippen LogP contribution in [0, 0.1) is 0 Å². The summed E-state index contributed by atoms with van der Waals surface area (Å²) in [6.07, 6.45) is 1.27. The van der Waals surface area contributed by atoms with Crippen LogP contribution in [-0.2, 0) is 15.3 Å². The summed E-state index contributed by atoms with van der Waals surface area (Å²) in [4.78, 5) is 10.7. The van der Waals surface area contributed by atoms with Crippen LogP contribution in [-0.4, -0.2) is 48.1 Å². The Hall–Kier alpha value is -1.02. The normalized spacial score (nSPS) is 20.6. The van der Waals surface area contributed by atoms with Crippen LogP contribution in [0.2, 0.25) is 0 Å². The molecule has 0 aromatic carbocycles. The van der Waals surface area contributed by atoms with Gasteiger partial charge in [-0.3, -0.25) is 0 Å². The predicted octanol–water partition coefficient (Wildman–Crippen LogP) is 1.28. The van der Waals surface area contributed by atoms with Crippen LogP contribution in [0.3, 0.4) is 0 Å². The molecule has 8 heteroatoms. The Morgan fingerprint density at radius 3 is 2.62 bits per heavy atom. The molecule has 0 radical (unpaired) electrons. The van der Waals surface area contributed by atoms with E-state index >= 15 is 0 Å². The summed E-state index contributed by atoms with van der Waals surface area (Å²) in [7, 11) is -3.18. The first-order valence-corrected chi connectivity index (χ1v) is 9.88. The fraction of sp³-hybridized carbons (Fsp3) is 0.692. The van der Waals surface area contributed by atoms with Crippen LogP contribution in [0.1, 0.15) is 26.6 Å². The van der Waals surface area contributed by atoms with Crippen molar-refractivity contribution in [2.24, 2.45) is 0 Å². The number of hydrogen-bond donors (Lipinski definition) is 1. The summed E-state index contributed by atoms with van der Waals surface area (Å²) in [5.74, 6) is 3.02. The van der Waals surface area contributed by atoms with Crippen molar-refractivity contribution in [1.29, 1.82) is 0 Å². The van der Waals surface area contributed by atoms with Gasteiger partial charge in [0.1, 0.15) is 22.8 Å². The van der Waals surface area contributed by atoms with E-state index in [1.165, 1.54) is 6.26 Å². The van der Waals surface area contributed by atoms with Crippen molar-refractivity contribution in [2.45, 2.75) is 31.6 Å². The topological polar surface area (TPSA) is 89.2 Å². The Kier molecular flexibility index (Phi) is 4.39. The van der Waals surface area contributed by atoms with Crippen molar-refractivity contribution in [3.8, 4) is 0 Å². The van der Waals surface area contributed by atoms with Gasteiger partial charge in [0.2, 0.25) is 0 Å². The number of thioether (sulfide) groups is 1. The molecule has 118 valence electrons. The van der Waals surface area contributed by atoms with Gasteiger partial charge in [0.15, 0.2) is 9.84 Å². The Morgan fingerprint density at radius 1 is 1.38 bits per heavy atom. The molecule has 2 N–H and O–H groups in total. The Balaban J connectivity index is 2.46. The largest absolute Gasteiger partial charge is 0.384 e. The fourth-order valence-electron chi connectivity index (χ4n) is 2.13. The quantitative estimate of drug-likeness (QED) is 0.873. The average molecular weight is 330 g/mol. The van der Waals surface area contributed by atoms with E-state index in [2.05, 4.69) is 9.97 Å². The van der Waals surface area contributed by atoms with Gasteiger partial charge in [-0.1, -0.05) is 20.8 Å². The van der Waals surface area contributed by atoms with Gasteiger partial charge < -0.3 is 10.6 Å². The molecule has 0 bridgehead atoms. The maximum Gasteiger partial charge on any atom is 0.169 e. The molecule has 0 amide bonds. The van der Waals surface area contributed by atoms with E-state index in [-0.39, 0.29) is 5.41 Å². The minimum absolute atomic E-state index is 0.241. The zero-order valence-electron chi connectivity index (χ0n) is 12.8. The summed E-state index contributed by atoms with van der Waals surface area (Å²) >= 11 is 1.65. The number of nitrogen functional groups attached to an aromatic ring is 1. The highest BCUT2D eigenvalue weighted by atomic mass is 32.2. The molecule has 2 heterocycles. The summed E-state index contributed by atoms with van der Waals surface area (Å²) in [6.45, 7) is 6.66. The molecule has 1 aliphatic heterocycles. The molecule has 0 spiro atoms. The van der Waals surface area contributed by atoms with Crippen LogP contribution in [0.5, 0.6) is 0 Å². The summed E-state index contributed by atoms with van der Waals surface area (Å²) in [5.41, 5.74) is 5.64. The summed E-state index contributed by atoms with van der Waals surface area (Å²) < 4.78 is 24.0. The predicted molar refractivity (Wildman–Crippen MR) is 88.4 cm³/mol. The standard InChI is InChI=1S/C13H22N4O2S2/c1-13(2,3)12-15-9(14)7-10(16-12)17-5-6-20-8-11(17)21(4,18)19/h7,11H,5-6,8H2,1-4H3,(H2,14,15,16). The van der Waals surface area contributed by atoms with E-state index in [0.29, 0.717) is 29.8 Å². The smallest absolute Gasteiger partial charge is 0.169 e. The molecule has 1 aromatic rings. The minimum atomic E-state index is -3.18. The van der Waals surface area contributed by atoms with Crippen LogP contribution in [0.25, 0.3) is 0 Å². The molecule has 1 unspecified atom stereocenters. The molecular formula is C13H22N4O2S2. The van der Waals surface area contributed by atoms with Crippen LogP contribution in [0.4, 0.5) is 11.6 Å². The molecule has 0 aliphatic carbocycles. The van der Waals surface area contributed by atoms with Crippen LogP contribution < -0.4 is 10.6 Å². The second-order valence-electron chi connectivity index (χ2n) is 6.28. The first kappa shape index (κ1) is 16.4. The Morgan fingerprint density at radius 2 is 2.05 bits per heavy atom. The number of anilines is 2. The van der Waals surface area contributed by atoms with Gasteiger partial charge in [-0.05, 0) is 0 Å². The fourth-order valence-corrected chi connectivity index (χ4v) is 4.96. The van der Waals surface area contributed by atoms with Crippen molar-refractivity contribution in [3.63, 3.8) is 0 Å². The highest BCUT2D eigenvalue weighted by molar-refractivity contribution is 8.01. The number of hydrogen-bond acceptors (Lipinski definition) is 7. The van der Waals surface area contributed by atoms with Gasteiger partial charge in [-0.15, -0.1) is 0 Å².